The summed E-state index contributed by atoms with van der Waals surface area (Å²) in [4.78, 5) is 27.2. The van der Waals surface area contributed by atoms with Gasteiger partial charge in [0, 0.05) is 11.1 Å². The Labute approximate surface area is 141 Å². The van der Waals surface area contributed by atoms with E-state index in [1.165, 1.54) is 23.8 Å². The second-order valence-electron chi connectivity index (χ2n) is 4.45. The van der Waals surface area contributed by atoms with Gasteiger partial charge in [0.25, 0.3) is 5.91 Å². The molecule has 0 atom stereocenters. The van der Waals surface area contributed by atoms with E-state index in [4.69, 9.17) is 9.94 Å². The number of carbonyl (C=O) groups excluding carboxylic acids is 2. The molecule has 0 radical (unpaired) electrons. The van der Waals surface area contributed by atoms with Crippen molar-refractivity contribution in [3.63, 3.8) is 0 Å². The van der Waals surface area contributed by atoms with Crippen molar-refractivity contribution in [2.45, 2.75) is 4.90 Å². The van der Waals surface area contributed by atoms with Gasteiger partial charge in [-0.3, -0.25) is 14.8 Å². The Kier molecular flexibility index (Phi) is 6.41. The number of benzene rings is 1. The second kappa shape index (κ2) is 8.75. The lowest BCUT2D eigenvalue weighted by molar-refractivity contribution is 0.0939. The molecule has 0 bridgehead atoms. The maximum absolute atomic E-state index is 11.8. The summed E-state index contributed by atoms with van der Waals surface area (Å²) in [5.41, 5.74) is 1.49. The van der Waals surface area contributed by atoms with E-state index in [0.29, 0.717) is 10.6 Å². The molecule has 1 aromatic heterocycles. The van der Waals surface area contributed by atoms with Gasteiger partial charge in [-0.2, -0.15) is 0 Å². The van der Waals surface area contributed by atoms with Crippen LogP contribution in [0.15, 0.2) is 47.5 Å². The van der Waals surface area contributed by atoms with Crippen LogP contribution in [-0.2, 0) is 0 Å². The first-order chi connectivity index (χ1) is 11.6. The molecule has 24 heavy (non-hydrogen) atoms. The number of aromatic nitrogens is 1. The fraction of sp³-hybridized carbons (Fsp3) is 0.133. The lowest BCUT2D eigenvalue weighted by Gasteiger charge is -2.08. The zero-order chi connectivity index (χ0) is 17.4. The molecule has 1 aromatic carbocycles. The highest BCUT2D eigenvalue weighted by molar-refractivity contribution is 8.13. The van der Waals surface area contributed by atoms with E-state index in [0.717, 1.165) is 11.8 Å². The van der Waals surface area contributed by atoms with Crippen LogP contribution in [0, 0.1) is 0 Å². The first-order valence-electron chi connectivity index (χ1n) is 6.87. The van der Waals surface area contributed by atoms with Gasteiger partial charge in [-0.25, -0.2) is 10.5 Å². The molecule has 0 aliphatic rings. The van der Waals surface area contributed by atoms with Gasteiger partial charge in [0.15, 0.2) is 5.69 Å². The third kappa shape index (κ3) is 5.14. The molecule has 0 fully saturated rings. The van der Waals surface area contributed by atoms with Crippen molar-refractivity contribution in [3.8, 4) is 11.5 Å². The predicted octanol–water partition coefficient (Wildman–Crippen LogP) is 1.79. The number of carbonyl (C=O) groups is 2. The Balaban J connectivity index is 1.75. The molecule has 126 valence electrons. The molecule has 0 unspecified atom stereocenters. The third-order valence-corrected chi connectivity index (χ3v) is 3.57. The first kappa shape index (κ1) is 17.6. The van der Waals surface area contributed by atoms with E-state index >= 15 is 0 Å². The molecule has 4 N–H and O–H groups in total. The van der Waals surface area contributed by atoms with Crippen LogP contribution in [0.1, 0.15) is 10.5 Å². The molecule has 9 heteroatoms. The molecule has 0 spiro atoms. The molecule has 2 rings (SSSR count). The molecule has 2 aromatic rings. The van der Waals surface area contributed by atoms with E-state index in [9.17, 15) is 14.7 Å². The highest BCUT2D eigenvalue weighted by Crippen LogP contribution is 2.21. The van der Waals surface area contributed by atoms with Gasteiger partial charge >= 0.3 is 5.24 Å². The molecular formula is C15H15N3O5S. The van der Waals surface area contributed by atoms with Crippen LogP contribution in [0.5, 0.6) is 11.5 Å². The highest BCUT2D eigenvalue weighted by atomic mass is 32.2. The molecule has 8 nitrogen and oxygen atoms in total. The standard InChI is InChI=1S/C15H15N3O5S/c19-12-2-1-7-16-13(12)14(20)17-8-9-23-10-3-5-11(6-4-10)24-15(21)18-22/h1-7,19,22H,8-9H2,(H,17,20)(H,18,21). The number of rotatable bonds is 6. The Morgan fingerprint density at radius 3 is 2.62 bits per heavy atom. The van der Waals surface area contributed by atoms with Crippen LogP contribution in [0.3, 0.4) is 0 Å². The summed E-state index contributed by atoms with van der Waals surface area (Å²) in [5.74, 6) is -0.104. The number of pyridine rings is 1. The zero-order valence-electron chi connectivity index (χ0n) is 12.4. The third-order valence-electron chi connectivity index (χ3n) is 2.78. The summed E-state index contributed by atoms with van der Waals surface area (Å²) in [6.45, 7) is 0.460. The lowest BCUT2D eigenvalue weighted by Crippen LogP contribution is -2.28. The monoisotopic (exact) mass is 349 g/mol. The van der Waals surface area contributed by atoms with Gasteiger partial charge in [0.05, 0.1) is 6.54 Å². The van der Waals surface area contributed by atoms with Crippen molar-refractivity contribution in [2.75, 3.05) is 13.2 Å². The minimum atomic E-state index is -0.579. The fourth-order valence-electron chi connectivity index (χ4n) is 1.72. The molecule has 0 saturated carbocycles. The van der Waals surface area contributed by atoms with Crippen LogP contribution in [0.4, 0.5) is 4.79 Å². The Morgan fingerprint density at radius 1 is 1.21 bits per heavy atom. The quantitative estimate of drug-likeness (QED) is 0.271. The Hall–Kier alpha value is -2.78. The largest absolute Gasteiger partial charge is 0.505 e. The van der Waals surface area contributed by atoms with Gasteiger partial charge < -0.3 is 15.2 Å². The Bertz CT molecular complexity index is 709. The number of thioether (sulfide) groups is 1. The van der Waals surface area contributed by atoms with Crippen LogP contribution in [0.25, 0.3) is 0 Å². The summed E-state index contributed by atoms with van der Waals surface area (Å²) in [5, 5.41) is 20.0. The second-order valence-corrected chi connectivity index (χ2v) is 5.49. The van der Waals surface area contributed by atoms with E-state index in [1.54, 1.807) is 24.3 Å². The highest BCUT2D eigenvalue weighted by Gasteiger charge is 2.11. The number of ether oxygens (including phenoxy) is 1. The molecule has 0 aliphatic carbocycles. The van der Waals surface area contributed by atoms with E-state index in [-0.39, 0.29) is 24.6 Å². The number of aromatic hydroxyl groups is 1. The first-order valence-corrected chi connectivity index (χ1v) is 7.69. The molecule has 0 aliphatic heterocycles. The van der Waals surface area contributed by atoms with E-state index in [1.807, 2.05) is 0 Å². The van der Waals surface area contributed by atoms with Gasteiger partial charge in [-0.05, 0) is 48.2 Å². The number of nitrogens with zero attached hydrogens (tertiary/aromatic N) is 1. The van der Waals surface area contributed by atoms with Gasteiger partial charge in [0.1, 0.15) is 18.1 Å². The van der Waals surface area contributed by atoms with E-state index in [2.05, 4.69) is 10.3 Å². The van der Waals surface area contributed by atoms with Crippen molar-refractivity contribution in [1.82, 2.24) is 15.8 Å². The summed E-state index contributed by atoms with van der Waals surface area (Å²) < 4.78 is 5.45. The van der Waals surface area contributed by atoms with Gasteiger partial charge in [-0.15, -0.1) is 0 Å². The molecular weight excluding hydrogens is 334 g/mol. The van der Waals surface area contributed by atoms with Crippen LogP contribution in [-0.4, -0.2) is 39.6 Å². The van der Waals surface area contributed by atoms with Crippen molar-refractivity contribution >= 4 is 22.9 Å². The van der Waals surface area contributed by atoms with Crippen molar-refractivity contribution < 1.29 is 24.6 Å². The molecule has 1 heterocycles. The average molecular weight is 349 g/mol. The fourth-order valence-corrected chi connectivity index (χ4v) is 2.25. The summed E-state index contributed by atoms with van der Waals surface area (Å²) in [6.07, 6.45) is 1.42. The summed E-state index contributed by atoms with van der Waals surface area (Å²) in [6, 6.07) is 9.58. The topological polar surface area (TPSA) is 121 Å². The van der Waals surface area contributed by atoms with Crippen LogP contribution < -0.4 is 15.5 Å². The van der Waals surface area contributed by atoms with Gasteiger partial charge in [-0.1, -0.05) is 0 Å². The minimum absolute atomic E-state index is 0.0407. The maximum Gasteiger partial charge on any atom is 0.307 e. The average Bonchev–Trinajstić information content (AvgIpc) is 2.60. The Morgan fingerprint density at radius 2 is 1.96 bits per heavy atom. The van der Waals surface area contributed by atoms with Crippen molar-refractivity contribution in [2.24, 2.45) is 0 Å². The maximum atomic E-state index is 11.8. The number of amides is 2. The summed E-state index contributed by atoms with van der Waals surface area (Å²) in [7, 11) is 0. The van der Waals surface area contributed by atoms with E-state index < -0.39 is 11.1 Å². The lowest BCUT2D eigenvalue weighted by atomic mass is 10.3. The normalized spacial score (nSPS) is 10.0. The number of hydroxylamine groups is 1. The zero-order valence-corrected chi connectivity index (χ0v) is 13.2. The number of hydrogen-bond acceptors (Lipinski definition) is 7. The molecule has 0 saturated heterocycles. The van der Waals surface area contributed by atoms with Crippen LogP contribution >= 0.6 is 11.8 Å². The minimum Gasteiger partial charge on any atom is -0.505 e. The van der Waals surface area contributed by atoms with Gasteiger partial charge in [0.2, 0.25) is 0 Å². The molecule has 2 amide bonds. The summed E-state index contributed by atoms with van der Waals surface area (Å²) >= 11 is 0.840. The number of hydrogen-bond donors (Lipinski definition) is 4. The van der Waals surface area contributed by atoms with Crippen molar-refractivity contribution in [1.29, 1.82) is 0 Å². The SMILES string of the molecule is O=C(NO)Sc1ccc(OCCNC(=O)c2ncccc2O)cc1. The van der Waals surface area contributed by atoms with Crippen molar-refractivity contribution in [3.05, 3.63) is 48.3 Å². The number of nitrogens with one attached hydrogen (secondary N) is 2. The smallest absolute Gasteiger partial charge is 0.307 e. The predicted molar refractivity (Wildman–Crippen MR) is 86.3 cm³/mol. The van der Waals surface area contributed by atoms with Crippen LogP contribution in [0.2, 0.25) is 0 Å².